The van der Waals surface area contributed by atoms with Crippen LogP contribution >= 0.6 is 0 Å². The minimum absolute atomic E-state index is 0.0452. The lowest BCUT2D eigenvalue weighted by Gasteiger charge is -2.38. The fraction of sp³-hybridized carbons (Fsp3) is 0.700. The molecule has 7 nitrogen and oxygen atoms in total. The molecule has 0 aromatic rings. The zero-order valence-corrected chi connectivity index (χ0v) is 9.61. The molecule has 0 aromatic heterocycles. The van der Waals surface area contributed by atoms with Gasteiger partial charge in [-0.25, -0.2) is 0 Å². The summed E-state index contributed by atoms with van der Waals surface area (Å²) in [7, 11) is 0. The minimum atomic E-state index is -0.860. The SMILES string of the molecule is NC(=O)CCCNC(=O)C1(C(N)=NO)CCC1. The average molecular weight is 242 g/mol. The second-order valence-electron chi connectivity index (χ2n) is 4.25. The number of primary amides is 1. The second kappa shape index (κ2) is 5.51. The predicted octanol–water partition coefficient (Wildman–Crippen LogP) is -0.715. The highest BCUT2D eigenvalue weighted by molar-refractivity contribution is 6.07. The van der Waals surface area contributed by atoms with E-state index >= 15 is 0 Å². The molecular formula is C10H18N4O3. The van der Waals surface area contributed by atoms with Crippen molar-refractivity contribution in [3.05, 3.63) is 0 Å². The van der Waals surface area contributed by atoms with Crippen LogP contribution in [-0.2, 0) is 9.59 Å². The van der Waals surface area contributed by atoms with E-state index in [4.69, 9.17) is 16.7 Å². The molecule has 2 amide bonds. The van der Waals surface area contributed by atoms with Crippen LogP contribution in [0.3, 0.4) is 0 Å². The molecule has 0 aliphatic heterocycles. The molecule has 0 saturated heterocycles. The summed E-state index contributed by atoms with van der Waals surface area (Å²) >= 11 is 0. The maximum absolute atomic E-state index is 11.9. The number of amidine groups is 1. The smallest absolute Gasteiger partial charge is 0.233 e. The largest absolute Gasteiger partial charge is 0.409 e. The molecule has 1 aliphatic carbocycles. The lowest BCUT2D eigenvalue weighted by molar-refractivity contribution is -0.131. The van der Waals surface area contributed by atoms with Crippen LogP contribution in [0.1, 0.15) is 32.1 Å². The molecule has 0 radical (unpaired) electrons. The van der Waals surface area contributed by atoms with Gasteiger partial charge in [0, 0.05) is 13.0 Å². The average Bonchev–Trinajstić information content (AvgIpc) is 2.22. The standard InChI is InChI=1S/C10H18N4O3/c11-7(15)3-1-6-13-9(16)10(4-2-5-10)8(12)14-17/h17H,1-6H2,(H2,11,15)(H2,12,14)(H,13,16). The molecule has 6 N–H and O–H groups in total. The van der Waals surface area contributed by atoms with Crippen molar-refractivity contribution in [1.82, 2.24) is 5.32 Å². The second-order valence-corrected chi connectivity index (χ2v) is 4.25. The van der Waals surface area contributed by atoms with Gasteiger partial charge >= 0.3 is 0 Å². The van der Waals surface area contributed by atoms with Gasteiger partial charge in [0.15, 0.2) is 5.84 Å². The van der Waals surface area contributed by atoms with Crippen LogP contribution in [0.5, 0.6) is 0 Å². The molecule has 1 aliphatic rings. The van der Waals surface area contributed by atoms with Crippen LogP contribution in [0.2, 0.25) is 0 Å². The third-order valence-corrected chi connectivity index (χ3v) is 3.13. The van der Waals surface area contributed by atoms with Gasteiger partial charge in [-0.05, 0) is 19.3 Å². The number of nitrogens with zero attached hydrogens (tertiary/aromatic N) is 1. The summed E-state index contributed by atoms with van der Waals surface area (Å²) in [6.45, 7) is 0.363. The first kappa shape index (κ1) is 13.3. The number of hydrogen-bond donors (Lipinski definition) is 4. The molecule has 0 unspecified atom stereocenters. The van der Waals surface area contributed by atoms with Gasteiger partial charge in [-0.1, -0.05) is 11.6 Å². The highest BCUT2D eigenvalue weighted by Gasteiger charge is 2.48. The third-order valence-electron chi connectivity index (χ3n) is 3.13. The predicted molar refractivity (Wildman–Crippen MR) is 61.1 cm³/mol. The van der Waals surface area contributed by atoms with Crippen LogP contribution < -0.4 is 16.8 Å². The van der Waals surface area contributed by atoms with E-state index in [2.05, 4.69) is 10.5 Å². The number of amides is 2. The van der Waals surface area contributed by atoms with Gasteiger partial charge in [-0.2, -0.15) is 0 Å². The van der Waals surface area contributed by atoms with Crippen LogP contribution in [0, 0.1) is 5.41 Å². The number of nitrogens with one attached hydrogen (secondary N) is 1. The summed E-state index contributed by atoms with van der Waals surface area (Å²) in [4.78, 5) is 22.4. The van der Waals surface area contributed by atoms with E-state index in [1.54, 1.807) is 0 Å². The summed E-state index contributed by atoms with van der Waals surface area (Å²) < 4.78 is 0. The van der Waals surface area contributed by atoms with Crippen molar-refractivity contribution in [3.63, 3.8) is 0 Å². The highest BCUT2D eigenvalue weighted by atomic mass is 16.4. The molecule has 0 aromatic carbocycles. The summed E-state index contributed by atoms with van der Waals surface area (Å²) in [5.41, 5.74) is 9.65. The quantitative estimate of drug-likeness (QED) is 0.161. The van der Waals surface area contributed by atoms with Crippen LogP contribution in [0.4, 0.5) is 0 Å². The Kier molecular flexibility index (Phi) is 4.30. The van der Waals surface area contributed by atoms with Crippen molar-refractivity contribution in [2.75, 3.05) is 6.54 Å². The maximum Gasteiger partial charge on any atom is 0.233 e. The van der Waals surface area contributed by atoms with Gasteiger partial charge in [-0.15, -0.1) is 0 Å². The van der Waals surface area contributed by atoms with E-state index in [0.717, 1.165) is 6.42 Å². The van der Waals surface area contributed by atoms with Crippen LogP contribution in [-0.4, -0.2) is 29.4 Å². The van der Waals surface area contributed by atoms with Crippen molar-refractivity contribution in [1.29, 1.82) is 0 Å². The van der Waals surface area contributed by atoms with Gasteiger partial charge in [0.05, 0.1) is 0 Å². The van der Waals surface area contributed by atoms with Crippen molar-refractivity contribution in [2.45, 2.75) is 32.1 Å². The molecule has 1 rings (SSSR count). The van der Waals surface area contributed by atoms with Crippen LogP contribution in [0.25, 0.3) is 0 Å². The van der Waals surface area contributed by atoms with E-state index in [1.165, 1.54) is 0 Å². The van der Waals surface area contributed by atoms with E-state index in [0.29, 0.717) is 25.8 Å². The van der Waals surface area contributed by atoms with Gasteiger partial charge in [-0.3, -0.25) is 9.59 Å². The number of rotatable bonds is 6. The van der Waals surface area contributed by atoms with Gasteiger partial charge in [0.1, 0.15) is 5.41 Å². The zero-order valence-electron chi connectivity index (χ0n) is 9.61. The summed E-state index contributed by atoms with van der Waals surface area (Å²) in [6.07, 6.45) is 2.78. The maximum atomic E-state index is 11.9. The van der Waals surface area contributed by atoms with Crippen molar-refractivity contribution >= 4 is 17.6 Å². The Morgan fingerprint density at radius 3 is 2.41 bits per heavy atom. The number of oxime groups is 1. The number of carbonyl (C=O) groups is 2. The first-order valence-corrected chi connectivity index (χ1v) is 5.57. The van der Waals surface area contributed by atoms with E-state index in [9.17, 15) is 9.59 Å². The number of hydrogen-bond acceptors (Lipinski definition) is 4. The number of carbonyl (C=O) groups excluding carboxylic acids is 2. The van der Waals surface area contributed by atoms with E-state index in [-0.39, 0.29) is 18.2 Å². The van der Waals surface area contributed by atoms with Crippen LogP contribution in [0.15, 0.2) is 5.16 Å². The Morgan fingerprint density at radius 2 is 2.00 bits per heavy atom. The lowest BCUT2D eigenvalue weighted by atomic mass is 9.67. The van der Waals surface area contributed by atoms with Crippen molar-refractivity contribution in [2.24, 2.45) is 22.0 Å². The van der Waals surface area contributed by atoms with Gasteiger partial charge < -0.3 is 22.0 Å². The Labute approximate surface area is 99.2 Å². The first-order chi connectivity index (χ1) is 8.03. The monoisotopic (exact) mass is 242 g/mol. The summed E-state index contributed by atoms with van der Waals surface area (Å²) in [5.74, 6) is -0.686. The minimum Gasteiger partial charge on any atom is -0.409 e. The van der Waals surface area contributed by atoms with E-state index in [1.807, 2.05) is 0 Å². The fourth-order valence-corrected chi connectivity index (χ4v) is 1.86. The van der Waals surface area contributed by atoms with E-state index < -0.39 is 11.3 Å². The molecule has 7 heteroatoms. The summed E-state index contributed by atoms with van der Waals surface area (Å²) in [5, 5.41) is 14.2. The first-order valence-electron chi connectivity index (χ1n) is 5.57. The molecule has 0 bridgehead atoms. The van der Waals surface area contributed by atoms with Gasteiger partial charge in [0.2, 0.25) is 11.8 Å². The molecule has 96 valence electrons. The van der Waals surface area contributed by atoms with Crippen molar-refractivity contribution in [3.8, 4) is 0 Å². The Hall–Kier alpha value is -1.79. The Balaban J connectivity index is 2.43. The highest BCUT2D eigenvalue weighted by Crippen LogP contribution is 2.41. The summed E-state index contributed by atoms with van der Waals surface area (Å²) in [6, 6.07) is 0. The zero-order chi connectivity index (χ0) is 12.9. The fourth-order valence-electron chi connectivity index (χ4n) is 1.86. The number of nitrogens with two attached hydrogens (primary N) is 2. The molecule has 1 saturated carbocycles. The van der Waals surface area contributed by atoms with Crippen molar-refractivity contribution < 1.29 is 14.8 Å². The molecule has 1 fully saturated rings. The lowest BCUT2D eigenvalue weighted by Crippen LogP contribution is -2.54. The Morgan fingerprint density at radius 1 is 1.35 bits per heavy atom. The third kappa shape index (κ3) is 2.86. The molecule has 0 atom stereocenters. The molecular weight excluding hydrogens is 224 g/mol. The van der Waals surface area contributed by atoms with Gasteiger partial charge in [0.25, 0.3) is 0 Å². The topological polar surface area (TPSA) is 131 Å². The normalized spacial score (nSPS) is 18.2. The Bertz CT molecular complexity index is 336. The molecule has 0 heterocycles. The molecule has 0 spiro atoms. The molecule has 17 heavy (non-hydrogen) atoms.